The number of allylic oxidation sites excluding steroid dienone is 2. The number of halogens is 3. The molecular weight excluding hydrogens is 351 g/mol. The van der Waals surface area contributed by atoms with Gasteiger partial charge in [-0.25, -0.2) is 4.79 Å². The Labute approximate surface area is 139 Å². The van der Waals surface area contributed by atoms with Crippen molar-refractivity contribution in [2.45, 2.75) is 51.6 Å². The summed E-state index contributed by atoms with van der Waals surface area (Å²) >= 11 is 0. The lowest BCUT2D eigenvalue weighted by Gasteiger charge is -2.33. The highest BCUT2D eigenvalue weighted by atomic mass is 32.2. The number of rotatable bonds is 3. The van der Waals surface area contributed by atoms with Crippen molar-refractivity contribution in [3.05, 3.63) is 11.8 Å². The highest BCUT2D eigenvalue weighted by Gasteiger charge is 2.49. The van der Waals surface area contributed by atoms with Crippen LogP contribution in [0.1, 0.15) is 40.5 Å². The van der Waals surface area contributed by atoms with Gasteiger partial charge >= 0.3 is 21.7 Å². The maximum absolute atomic E-state index is 12.4. The summed E-state index contributed by atoms with van der Waals surface area (Å²) in [5.74, 6) is -0.762. The molecule has 1 rings (SSSR count). The summed E-state index contributed by atoms with van der Waals surface area (Å²) in [6, 6.07) is 0. The molecule has 0 atom stereocenters. The van der Waals surface area contributed by atoms with Gasteiger partial charge in [-0.1, -0.05) is 0 Å². The quantitative estimate of drug-likeness (QED) is 0.431. The van der Waals surface area contributed by atoms with Crippen molar-refractivity contribution in [1.82, 2.24) is 4.90 Å². The summed E-state index contributed by atoms with van der Waals surface area (Å²) in [4.78, 5) is 13.4. The van der Waals surface area contributed by atoms with Crippen LogP contribution < -0.4 is 0 Å². The van der Waals surface area contributed by atoms with Crippen LogP contribution in [0.3, 0.4) is 0 Å². The molecule has 24 heavy (non-hydrogen) atoms. The van der Waals surface area contributed by atoms with E-state index in [-0.39, 0.29) is 31.7 Å². The number of alkyl halides is 3. The molecule has 1 fully saturated rings. The molecule has 1 aliphatic rings. The van der Waals surface area contributed by atoms with Crippen molar-refractivity contribution in [3.8, 4) is 0 Å². The molecule has 6 nitrogen and oxygen atoms in total. The lowest BCUT2D eigenvalue weighted by atomic mass is 9.95. The number of hydrogen-bond donors (Lipinski definition) is 0. The lowest BCUT2D eigenvalue weighted by Crippen LogP contribution is -2.42. The van der Waals surface area contributed by atoms with Crippen molar-refractivity contribution in [1.29, 1.82) is 0 Å². The number of carbonyl (C=O) groups is 1. The van der Waals surface area contributed by atoms with Crippen LogP contribution in [0.25, 0.3) is 0 Å². The molecule has 0 radical (unpaired) electrons. The molecule has 140 valence electrons. The van der Waals surface area contributed by atoms with Crippen LogP contribution in [-0.4, -0.2) is 43.6 Å². The number of piperidine rings is 1. The second-order valence-electron chi connectivity index (χ2n) is 6.42. The van der Waals surface area contributed by atoms with E-state index in [4.69, 9.17) is 4.74 Å². The molecule has 1 aliphatic heterocycles. The number of ether oxygens (including phenoxy) is 1. The van der Waals surface area contributed by atoms with E-state index in [1.54, 1.807) is 20.8 Å². The molecule has 0 aromatic rings. The lowest BCUT2D eigenvalue weighted by molar-refractivity contribution is -0.0529. The van der Waals surface area contributed by atoms with Crippen LogP contribution in [0.15, 0.2) is 11.8 Å². The minimum absolute atomic E-state index is 0.242. The van der Waals surface area contributed by atoms with Gasteiger partial charge < -0.3 is 13.8 Å². The zero-order chi connectivity index (χ0) is 18.8. The Kier molecular flexibility index (Phi) is 6.18. The standard InChI is InChI=1S/C14H22F3NO5S/c1-5-11(23-24(20,21)14(15,16)17)10-6-8-18(9-7-10)12(19)22-13(2,3)4/h5,10H,6-9H2,1-4H3/b11-5-. The average Bonchev–Trinajstić information content (AvgIpc) is 2.42. The second kappa shape index (κ2) is 7.20. The van der Waals surface area contributed by atoms with Crippen molar-refractivity contribution >= 4 is 16.2 Å². The fraction of sp³-hybridized carbons (Fsp3) is 0.786. The molecule has 0 bridgehead atoms. The molecule has 1 saturated heterocycles. The van der Waals surface area contributed by atoms with Crippen LogP contribution in [-0.2, 0) is 19.0 Å². The van der Waals surface area contributed by atoms with E-state index in [1.807, 2.05) is 0 Å². The number of hydrogen-bond acceptors (Lipinski definition) is 5. The summed E-state index contributed by atoms with van der Waals surface area (Å²) in [6.07, 6.45) is 1.27. The van der Waals surface area contributed by atoms with E-state index in [0.717, 1.165) is 0 Å². The summed E-state index contributed by atoms with van der Waals surface area (Å²) in [6.45, 7) is 7.07. The number of likely N-dealkylation sites (tertiary alicyclic amines) is 1. The maximum atomic E-state index is 12.4. The first kappa shape index (κ1) is 20.6. The normalized spacial score (nSPS) is 18.5. The Bertz CT molecular complexity index is 585. The van der Waals surface area contributed by atoms with E-state index in [2.05, 4.69) is 4.18 Å². The Hall–Kier alpha value is -1.45. The van der Waals surface area contributed by atoms with Gasteiger partial charge in [-0.3, -0.25) is 0 Å². The predicted molar refractivity (Wildman–Crippen MR) is 80.3 cm³/mol. The van der Waals surface area contributed by atoms with Gasteiger partial charge in [-0.15, -0.1) is 0 Å². The van der Waals surface area contributed by atoms with Gasteiger partial charge in [0.2, 0.25) is 0 Å². The van der Waals surface area contributed by atoms with E-state index in [1.165, 1.54) is 17.9 Å². The van der Waals surface area contributed by atoms with Crippen LogP contribution in [0.5, 0.6) is 0 Å². The van der Waals surface area contributed by atoms with Gasteiger partial charge in [-0.2, -0.15) is 21.6 Å². The van der Waals surface area contributed by atoms with Crippen molar-refractivity contribution in [2.75, 3.05) is 13.1 Å². The van der Waals surface area contributed by atoms with Crippen molar-refractivity contribution in [2.24, 2.45) is 5.92 Å². The van der Waals surface area contributed by atoms with Crippen LogP contribution in [0, 0.1) is 5.92 Å². The average molecular weight is 373 g/mol. The van der Waals surface area contributed by atoms with Gasteiger partial charge in [-0.05, 0) is 46.6 Å². The molecule has 0 N–H and O–H groups in total. The fourth-order valence-corrected chi connectivity index (χ4v) is 2.78. The van der Waals surface area contributed by atoms with E-state index in [9.17, 15) is 26.4 Å². The first-order valence-electron chi connectivity index (χ1n) is 7.41. The zero-order valence-corrected chi connectivity index (χ0v) is 14.8. The van der Waals surface area contributed by atoms with E-state index < -0.39 is 33.2 Å². The zero-order valence-electron chi connectivity index (χ0n) is 14.0. The Morgan fingerprint density at radius 2 is 1.67 bits per heavy atom. The number of amides is 1. The van der Waals surface area contributed by atoms with E-state index in [0.29, 0.717) is 0 Å². The van der Waals surface area contributed by atoms with Crippen LogP contribution >= 0.6 is 0 Å². The first-order chi connectivity index (χ1) is 10.8. The minimum Gasteiger partial charge on any atom is -0.444 e. The van der Waals surface area contributed by atoms with Gasteiger partial charge in [0.05, 0.1) is 0 Å². The topological polar surface area (TPSA) is 72.9 Å². The molecule has 0 unspecified atom stereocenters. The number of carbonyl (C=O) groups excluding carboxylic acids is 1. The molecule has 10 heteroatoms. The van der Waals surface area contributed by atoms with Gasteiger partial charge in [0, 0.05) is 19.0 Å². The summed E-state index contributed by atoms with van der Waals surface area (Å²) in [7, 11) is -5.69. The Morgan fingerprint density at radius 3 is 2.04 bits per heavy atom. The molecule has 0 aliphatic carbocycles. The molecule has 0 saturated carbocycles. The monoisotopic (exact) mass is 373 g/mol. The minimum atomic E-state index is -5.69. The largest absolute Gasteiger partial charge is 0.534 e. The third-order valence-electron chi connectivity index (χ3n) is 3.32. The summed E-state index contributed by atoms with van der Waals surface area (Å²) < 4.78 is 68.9. The van der Waals surface area contributed by atoms with Crippen LogP contribution in [0.2, 0.25) is 0 Å². The number of nitrogens with zero attached hydrogens (tertiary/aromatic N) is 1. The molecule has 0 aromatic carbocycles. The molecule has 0 aromatic heterocycles. The highest BCUT2D eigenvalue weighted by molar-refractivity contribution is 7.87. The Balaban J connectivity index is 2.68. The third-order valence-corrected chi connectivity index (χ3v) is 4.30. The molecule has 1 amide bonds. The smallest absolute Gasteiger partial charge is 0.444 e. The SMILES string of the molecule is C/C=C(\OS(=O)(=O)C(F)(F)F)C1CCN(C(=O)OC(C)(C)C)CC1. The maximum Gasteiger partial charge on any atom is 0.534 e. The molecular formula is C14H22F3NO5S. The molecule has 1 heterocycles. The fourth-order valence-electron chi connectivity index (χ4n) is 2.20. The Morgan fingerprint density at radius 1 is 1.17 bits per heavy atom. The summed E-state index contributed by atoms with van der Waals surface area (Å²) in [5, 5.41) is 0. The highest BCUT2D eigenvalue weighted by Crippen LogP contribution is 2.32. The van der Waals surface area contributed by atoms with Crippen LogP contribution in [0.4, 0.5) is 18.0 Å². The second-order valence-corrected chi connectivity index (χ2v) is 7.95. The summed E-state index contributed by atoms with van der Waals surface area (Å²) in [5.41, 5.74) is -6.12. The van der Waals surface area contributed by atoms with E-state index >= 15 is 0 Å². The van der Waals surface area contributed by atoms with Gasteiger partial charge in [0.1, 0.15) is 11.4 Å². The van der Waals surface area contributed by atoms with Gasteiger partial charge in [0.25, 0.3) is 0 Å². The van der Waals surface area contributed by atoms with Crippen molar-refractivity contribution in [3.63, 3.8) is 0 Å². The first-order valence-corrected chi connectivity index (χ1v) is 8.82. The van der Waals surface area contributed by atoms with Crippen molar-refractivity contribution < 1.29 is 35.3 Å². The predicted octanol–water partition coefficient (Wildman–Crippen LogP) is 3.40. The molecule has 0 spiro atoms. The third kappa shape index (κ3) is 5.57. The van der Waals surface area contributed by atoms with Gasteiger partial charge in [0.15, 0.2) is 0 Å².